The molecule has 0 N–H and O–H groups in total. The predicted molar refractivity (Wildman–Crippen MR) is 238 cm³/mol. The SMILES string of the molecule is CCCCCC[Si]1(CCCCCC)C2=Cc3c(-c4ccc(C(C)(C)C)cc4)cccc3[CH]2[Hf]([CH3])([CH3])[CH]2C1=Cc1c(-c3ccc(C(C)(C)C)cc3)cccc12. The molecule has 2 heteroatoms. The molecule has 0 nitrogen and oxygen atoms in total. The van der Waals surface area contributed by atoms with Gasteiger partial charge in [0, 0.05) is 0 Å². The average molecular weight is 900 g/mol. The molecule has 3 aliphatic rings. The molecule has 2 unspecified atom stereocenters. The number of benzene rings is 4. The van der Waals surface area contributed by atoms with Crippen molar-refractivity contribution in [2.75, 3.05) is 0 Å². The quantitative estimate of drug-likeness (QED) is 0.0982. The molecule has 4 aromatic rings. The minimum atomic E-state index is -3.18. The summed E-state index contributed by atoms with van der Waals surface area (Å²) in [6.07, 6.45) is 16.6. The van der Waals surface area contributed by atoms with Crippen molar-refractivity contribution < 1.29 is 20.0 Å². The predicted octanol–water partition coefficient (Wildman–Crippen LogP) is 16.1. The molecule has 54 heavy (non-hydrogen) atoms. The number of fused-ring (bicyclic) bond motifs is 6. The van der Waals surface area contributed by atoms with E-state index in [4.69, 9.17) is 0 Å². The van der Waals surface area contributed by atoms with E-state index in [0.717, 1.165) is 0 Å². The van der Waals surface area contributed by atoms with Gasteiger partial charge in [-0.1, -0.05) is 0 Å². The van der Waals surface area contributed by atoms with Crippen LogP contribution in [-0.2, 0) is 30.8 Å². The van der Waals surface area contributed by atoms with Gasteiger partial charge in [0.2, 0.25) is 0 Å². The molecular weight excluding hydrogens is 831 g/mol. The molecule has 2 aliphatic carbocycles. The molecule has 1 aliphatic heterocycles. The van der Waals surface area contributed by atoms with E-state index in [2.05, 4.69) is 162 Å². The Balaban J connectivity index is 1.42. The summed E-state index contributed by atoms with van der Waals surface area (Å²) in [5.74, 6) is 0. The van der Waals surface area contributed by atoms with Crippen LogP contribution >= 0.6 is 0 Å². The van der Waals surface area contributed by atoms with Gasteiger partial charge >= 0.3 is 338 Å². The van der Waals surface area contributed by atoms with Gasteiger partial charge in [0.15, 0.2) is 0 Å². The van der Waals surface area contributed by atoms with Crippen molar-refractivity contribution in [3.63, 3.8) is 0 Å². The van der Waals surface area contributed by atoms with Crippen molar-refractivity contribution in [1.29, 1.82) is 0 Å². The number of hydrogen-bond acceptors (Lipinski definition) is 0. The summed E-state index contributed by atoms with van der Waals surface area (Å²) in [7, 11) is -2.06. The van der Waals surface area contributed by atoms with Crippen LogP contribution in [0.1, 0.15) is 147 Å². The third kappa shape index (κ3) is 7.15. The fraction of sp³-hybridized carbons (Fsp3) is 0.462. The Hall–Kier alpha value is -2.55. The van der Waals surface area contributed by atoms with Gasteiger partial charge in [-0.25, -0.2) is 0 Å². The first-order valence-electron chi connectivity index (χ1n) is 21.6. The summed E-state index contributed by atoms with van der Waals surface area (Å²) in [6, 6.07) is 36.9. The van der Waals surface area contributed by atoms with Gasteiger partial charge in [0.05, 0.1) is 0 Å². The van der Waals surface area contributed by atoms with Crippen LogP contribution in [0.15, 0.2) is 95.3 Å². The monoisotopic (exact) mass is 900 g/mol. The van der Waals surface area contributed by atoms with Crippen molar-refractivity contribution in [1.82, 2.24) is 0 Å². The first-order chi connectivity index (χ1) is 25.7. The Kier molecular flexibility index (Phi) is 11.3. The number of unbranched alkanes of at least 4 members (excludes halogenated alkanes) is 6. The molecule has 1 saturated heterocycles. The average Bonchev–Trinajstić information content (AvgIpc) is 3.75. The molecule has 0 amide bonds. The molecule has 0 spiro atoms. The minimum absolute atomic E-state index is 0.158. The zero-order chi connectivity index (χ0) is 38.5. The van der Waals surface area contributed by atoms with Crippen LogP contribution in [0.4, 0.5) is 0 Å². The second kappa shape index (κ2) is 15.4. The number of hydrogen-bond donors (Lipinski definition) is 0. The molecule has 0 bridgehead atoms. The Bertz CT molecular complexity index is 1880. The summed E-state index contributed by atoms with van der Waals surface area (Å²) in [4.78, 5) is 0. The molecule has 284 valence electrons. The zero-order valence-corrected chi connectivity index (χ0v) is 40.1. The summed E-state index contributed by atoms with van der Waals surface area (Å²) in [5.41, 5.74) is 15.3. The van der Waals surface area contributed by atoms with Crippen LogP contribution in [0.25, 0.3) is 34.4 Å². The summed E-state index contributed by atoms with van der Waals surface area (Å²) < 4.78 is 7.06. The number of allylic oxidation sites excluding steroid dienone is 2. The Morgan fingerprint density at radius 3 is 1.24 bits per heavy atom. The third-order valence-electron chi connectivity index (χ3n) is 13.8. The molecule has 7 rings (SSSR count). The van der Waals surface area contributed by atoms with Gasteiger partial charge in [-0.15, -0.1) is 0 Å². The van der Waals surface area contributed by atoms with Crippen LogP contribution < -0.4 is 0 Å². The van der Waals surface area contributed by atoms with Crippen molar-refractivity contribution in [3.05, 3.63) is 129 Å². The Labute approximate surface area is 335 Å². The van der Waals surface area contributed by atoms with Crippen molar-refractivity contribution in [2.45, 2.75) is 146 Å². The van der Waals surface area contributed by atoms with Crippen LogP contribution in [0.5, 0.6) is 0 Å². The van der Waals surface area contributed by atoms with Crippen LogP contribution in [0.3, 0.4) is 0 Å². The normalized spacial score (nSPS) is 19.4. The summed E-state index contributed by atoms with van der Waals surface area (Å²) in [6.45, 7) is 18.7. The maximum atomic E-state index is 2.86. The summed E-state index contributed by atoms with van der Waals surface area (Å²) in [5, 5.41) is 3.92. The van der Waals surface area contributed by atoms with E-state index < -0.39 is 28.0 Å². The second-order valence-corrected chi connectivity index (χ2v) is 41.4. The molecule has 4 aromatic carbocycles. The van der Waals surface area contributed by atoms with E-state index in [1.807, 2.05) is 10.4 Å². The van der Waals surface area contributed by atoms with Gasteiger partial charge in [-0.2, -0.15) is 0 Å². The molecular formula is C52H68HfSi. The third-order valence-corrected chi connectivity index (χ3v) is 36.5. The first kappa shape index (κ1) is 39.7. The van der Waals surface area contributed by atoms with Gasteiger partial charge in [0.25, 0.3) is 0 Å². The Morgan fingerprint density at radius 2 is 0.889 bits per heavy atom. The first-order valence-corrected chi connectivity index (χ1v) is 35.4. The van der Waals surface area contributed by atoms with Gasteiger partial charge in [-0.05, 0) is 0 Å². The van der Waals surface area contributed by atoms with E-state index in [9.17, 15) is 0 Å². The molecule has 0 saturated carbocycles. The molecule has 2 atom stereocenters. The fourth-order valence-corrected chi connectivity index (χ4v) is 43.7. The standard InChI is InChI=1S/C50H62Si.2CH3.Hf/c1-9-11-13-15-31-51(32-16-14-12-10-2,43-33-39-19-17-21-45(47(39)35-43)37-23-27-41(28-24-37)49(3,4)5)44-34-40-20-18-22-46(48(40)36-44)38-25-29-42(30-26-38)50(6,7)8;;;/h17-30,33-36H,9-16,31-32H2,1-8H3;2*1H3;. The van der Waals surface area contributed by atoms with Gasteiger partial charge < -0.3 is 0 Å². The van der Waals surface area contributed by atoms with E-state index in [1.54, 1.807) is 22.3 Å². The zero-order valence-electron chi connectivity index (χ0n) is 35.5. The van der Waals surface area contributed by atoms with Crippen LogP contribution in [-0.4, -0.2) is 8.07 Å². The fourth-order valence-electron chi connectivity index (χ4n) is 10.8. The van der Waals surface area contributed by atoms with E-state index in [0.29, 0.717) is 7.35 Å². The summed E-state index contributed by atoms with van der Waals surface area (Å²) >= 11 is -3.18. The van der Waals surface area contributed by atoms with Gasteiger partial charge in [-0.3, -0.25) is 0 Å². The van der Waals surface area contributed by atoms with Crippen molar-refractivity contribution in [3.8, 4) is 22.3 Å². The van der Waals surface area contributed by atoms with Crippen LogP contribution in [0.2, 0.25) is 21.4 Å². The molecule has 0 radical (unpaired) electrons. The van der Waals surface area contributed by atoms with Crippen molar-refractivity contribution >= 4 is 20.2 Å². The van der Waals surface area contributed by atoms with E-state index >= 15 is 0 Å². The van der Waals surface area contributed by atoms with Crippen LogP contribution in [0, 0.1) is 0 Å². The number of rotatable bonds is 12. The topological polar surface area (TPSA) is 0 Å². The molecule has 1 heterocycles. The maximum absolute atomic E-state index is 3.18. The van der Waals surface area contributed by atoms with Crippen molar-refractivity contribution in [2.24, 2.45) is 0 Å². The second-order valence-electron chi connectivity index (χ2n) is 19.9. The molecule has 0 aromatic heterocycles. The van der Waals surface area contributed by atoms with E-state index in [-0.39, 0.29) is 10.8 Å². The van der Waals surface area contributed by atoms with E-state index in [1.165, 1.54) is 96.8 Å². The Morgan fingerprint density at radius 1 is 0.500 bits per heavy atom. The molecule has 1 fully saturated rings. The van der Waals surface area contributed by atoms with Gasteiger partial charge in [0.1, 0.15) is 0 Å².